The van der Waals surface area contributed by atoms with E-state index in [4.69, 9.17) is 14.7 Å². The van der Waals surface area contributed by atoms with Gasteiger partial charge < -0.3 is 10.1 Å². The van der Waals surface area contributed by atoms with Crippen LogP contribution in [0.4, 0.5) is 5.69 Å². The highest BCUT2D eigenvalue weighted by molar-refractivity contribution is 6.17. The van der Waals surface area contributed by atoms with E-state index in [2.05, 4.69) is 15.3 Å². The van der Waals surface area contributed by atoms with Crippen molar-refractivity contribution in [2.24, 2.45) is 25.8 Å². The first-order valence-electron chi connectivity index (χ1n) is 8.20. The van der Waals surface area contributed by atoms with Crippen LogP contribution in [0.2, 0.25) is 0 Å². The minimum atomic E-state index is 0.284. The number of hydrogen-bond donors (Lipinski definition) is 1. The van der Waals surface area contributed by atoms with E-state index in [0.717, 1.165) is 24.5 Å². The highest BCUT2D eigenvalue weighted by Crippen LogP contribution is 2.63. The second-order valence-electron chi connectivity index (χ2n) is 7.09. The van der Waals surface area contributed by atoms with Crippen LogP contribution < -0.4 is 10.1 Å². The molecule has 0 bridgehead atoms. The summed E-state index contributed by atoms with van der Waals surface area (Å²) in [5, 5.41) is 3.30. The molecule has 6 nitrogen and oxygen atoms in total. The minimum absolute atomic E-state index is 0.284. The molecule has 5 rings (SSSR count). The highest BCUT2D eigenvalue weighted by Gasteiger charge is 2.60. The molecule has 0 aromatic carbocycles. The number of pyridine rings is 1. The van der Waals surface area contributed by atoms with Crippen molar-refractivity contribution in [2.75, 3.05) is 19.0 Å². The van der Waals surface area contributed by atoms with Crippen molar-refractivity contribution in [2.45, 2.75) is 32.1 Å². The number of aliphatic imine (C=N–C) groups is 3. The predicted molar refractivity (Wildman–Crippen MR) is 89.5 cm³/mol. The summed E-state index contributed by atoms with van der Waals surface area (Å²) < 4.78 is 5.10. The molecular weight excluding hydrogens is 290 g/mol. The van der Waals surface area contributed by atoms with Gasteiger partial charge in [-0.25, -0.2) is 9.98 Å². The number of nitrogens with one attached hydrogen (secondary N) is 1. The third kappa shape index (κ3) is 2.24. The van der Waals surface area contributed by atoms with Crippen LogP contribution in [0.1, 0.15) is 32.1 Å². The molecule has 1 aromatic heterocycles. The number of anilines is 1. The van der Waals surface area contributed by atoms with Gasteiger partial charge in [0, 0.05) is 22.6 Å². The Morgan fingerprint density at radius 3 is 2.57 bits per heavy atom. The standard InChI is InChI=1S/C17H19N5O/c1-23-13-3-2-11(9-18-13)20-15(21-12-8-16(12)4-5-16)22-14-17(6-7-17)10-19-14/h2-3,9H,4-8,10H2,1H3,(H,19,20,22). The zero-order chi connectivity index (χ0) is 15.5. The Kier molecular flexibility index (Phi) is 2.53. The Morgan fingerprint density at radius 2 is 2.04 bits per heavy atom. The number of ether oxygens (including phenoxy) is 1. The van der Waals surface area contributed by atoms with Crippen molar-refractivity contribution in [3.05, 3.63) is 18.3 Å². The van der Waals surface area contributed by atoms with E-state index < -0.39 is 0 Å². The first-order valence-corrected chi connectivity index (χ1v) is 8.20. The zero-order valence-corrected chi connectivity index (χ0v) is 13.2. The number of nitrogens with zero attached hydrogens (tertiary/aromatic N) is 4. The van der Waals surface area contributed by atoms with Crippen LogP contribution in [0.3, 0.4) is 0 Å². The number of amidine groups is 1. The summed E-state index contributed by atoms with van der Waals surface area (Å²) in [7, 11) is 1.61. The smallest absolute Gasteiger partial charge is 0.228 e. The van der Waals surface area contributed by atoms with E-state index in [9.17, 15) is 0 Å². The molecule has 118 valence electrons. The molecule has 6 heteroatoms. The van der Waals surface area contributed by atoms with Crippen LogP contribution in [-0.4, -0.2) is 36.1 Å². The summed E-state index contributed by atoms with van der Waals surface area (Å²) >= 11 is 0. The molecule has 0 saturated heterocycles. The summed E-state index contributed by atoms with van der Waals surface area (Å²) in [6.45, 7) is 0.934. The lowest BCUT2D eigenvalue weighted by Crippen LogP contribution is -2.29. The van der Waals surface area contributed by atoms with Crippen LogP contribution in [-0.2, 0) is 0 Å². The van der Waals surface area contributed by atoms with E-state index in [1.54, 1.807) is 13.3 Å². The summed E-state index contributed by atoms with van der Waals surface area (Å²) in [6, 6.07) is 3.76. The van der Waals surface area contributed by atoms with E-state index in [1.165, 1.54) is 31.4 Å². The molecule has 1 aromatic rings. The lowest BCUT2D eigenvalue weighted by Gasteiger charge is -2.21. The molecule has 3 fully saturated rings. The maximum Gasteiger partial charge on any atom is 0.228 e. The fourth-order valence-electron chi connectivity index (χ4n) is 3.12. The van der Waals surface area contributed by atoms with Crippen LogP contribution in [0, 0.1) is 10.8 Å². The van der Waals surface area contributed by atoms with Gasteiger partial charge in [0.15, 0.2) is 0 Å². The van der Waals surface area contributed by atoms with Gasteiger partial charge in [0.2, 0.25) is 11.8 Å². The summed E-state index contributed by atoms with van der Waals surface area (Å²) in [4.78, 5) is 18.2. The number of aromatic nitrogens is 1. The van der Waals surface area contributed by atoms with Crippen LogP contribution in [0.5, 0.6) is 5.88 Å². The van der Waals surface area contributed by atoms with E-state index in [0.29, 0.717) is 17.3 Å². The van der Waals surface area contributed by atoms with E-state index in [1.807, 2.05) is 12.1 Å². The molecule has 1 aliphatic heterocycles. The third-order valence-electron chi connectivity index (χ3n) is 5.36. The SMILES string of the molecule is COc1ccc(NC(=NC2=NCC23CC3)N=C2CC23CC3)cn1. The fourth-order valence-corrected chi connectivity index (χ4v) is 3.12. The second-order valence-corrected chi connectivity index (χ2v) is 7.09. The molecule has 0 radical (unpaired) electrons. The predicted octanol–water partition coefficient (Wildman–Crippen LogP) is 2.68. The van der Waals surface area contributed by atoms with Crippen molar-refractivity contribution < 1.29 is 4.74 Å². The monoisotopic (exact) mass is 309 g/mol. The molecule has 23 heavy (non-hydrogen) atoms. The normalized spacial score (nSPS) is 26.7. The quantitative estimate of drug-likeness (QED) is 0.674. The van der Waals surface area contributed by atoms with Gasteiger partial charge in [-0.05, 0) is 38.2 Å². The number of guanidine groups is 1. The largest absolute Gasteiger partial charge is 0.481 e. The Morgan fingerprint density at radius 1 is 1.22 bits per heavy atom. The van der Waals surface area contributed by atoms with E-state index in [-0.39, 0.29) is 5.41 Å². The van der Waals surface area contributed by atoms with Gasteiger partial charge in [-0.1, -0.05) is 0 Å². The van der Waals surface area contributed by atoms with Gasteiger partial charge in [0.1, 0.15) is 5.84 Å². The fraction of sp³-hybridized carbons (Fsp3) is 0.529. The summed E-state index contributed by atoms with van der Waals surface area (Å²) in [6.07, 6.45) is 7.87. The summed E-state index contributed by atoms with van der Waals surface area (Å²) in [5.41, 5.74) is 2.88. The van der Waals surface area contributed by atoms with Crippen LogP contribution >= 0.6 is 0 Å². The topological polar surface area (TPSA) is 71.2 Å². The Bertz CT molecular complexity index is 754. The maximum atomic E-state index is 5.10. The average Bonchev–Trinajstić information content (AvgIpc) is 3.43. The Hall–Kier alpha value is -2.24. The third-order valence-corrected chi connectivity index (χ3v) is 5.36. The van der Waals surface area contributed by atoms with Gasteiger partial charge in [0.05, 0.1) is 25.5 Å². The molecule has 2 heterocycles. The first kappa shape index (κ1) is 13.2. The van der Waals surface area contributed by atoms with E-state index >= 15 is 0 Å². The zero-order valence-electron chi connectivity index (χ0n) is 13.2. The van der Waals surface area contributed by atoms with Gasteiger partial charge >= 0.3 is 0 Å². The number of methoxy groups -OCH3 is 1. The molecule has 0 unspecified atom stereocenters. The van der Waals surface area contributed by atoms with Gasteiger partial charge in [-0.2, -0.15) is 4.99 Å². The molecule has 2 spiro atoms. The molecule has 3 aliphatic carbocycles. The Balaban J connectivity index is 1.40. The molecule has 4 aliphatic rings. The highest BCUT2D eigenvalue weighted by atomic mass is 16.5. The number of hydrogen-bond acceptors (Lipinski definition) is 4. The van der Waals surface area contributed by atoms with Gasteiger partial charge in [0.25, 0.3) is 0 Å². The van der Waals surface area contributed by atoms with Crippen LogP contribution in [0.25, 0.3) is 0 Å². The minimum Gasteiger partial charge on any atom is -0.481 e. The second kappa shape index (κ2) is 4.40. The van der Waals surface area contributed by atoms with Gasteiger partial charge in [-0.15, -0.1) is 0 Å². The Labute approximate surface area is 134 Å². The van der Waals surface area contributed by atoms with Crippen molar-refractivity contribution in [1.29, 1.82) is 0 Å². The average molecular weight is 309 g/mol. The molecule has 0 atom stereocenters. The molecular formula is C17H19N5O. The summed E-state index contributed by atoms with van der Waals surface area (Å²) in [5.74, 6) is 2.22. The van der Waals surface area contributed by atoms with Crippen molar-refractivity contribution in [1.82, 2.24) is 4.98 Å². The lowest BCUT2D eigenvalue weighted by atomic mass is 10.0. The van der Waals surface area contributed by atoms with Crippen molar-refractivity contribution in [3.63, 3.8) is 0 Å². The van der Waals surface area contributed by atoms with Gasteiger partial charge in [-0.3, -0.25) is 4.99 Å². The maximum absolute atomic E-state index is 5.10. The molecule has 3 saturated carbocycles. The van der Waals surface area contributed by atoms with Crippen molar-refractivity contribution in [3.8, 4) is 5.88 Å². The van der Waals surface area contributed by atoms with Crippen LogP contribution in [0.15, 0.2) is 33.3 Å². The lowest BCUT2D eigenvalue weighted by molar-refractivity contribution is 0.398. The van der Waals surface area contributed by atoms with Crippen molar-refractivity contribution >= 4 is 23.2 Å². The molecule has 1 N–H and O–H groups in total. The first-order chi connectivity index (χ1) is 11.2. The molecule has 0 amide bonds. The number of rotatable bonds is 2.